The normalized spacial score (nSPS) is 21.0. The lowest BCUT2D eigenvalue weighted by atomic mass is 10.3. The molecule has 3 heteroatoms. The van der Waals surface area contributed by atoms with Crippen molar-refractivity contribution < 1.29 is 4.84 Å². The number of hydrogen-bond acceptors (Lipinski definition) is 3. The molecule has 0 saturated heterocycles. The molecule has 8 heavy (non-hydrogen) atoms. The Labute approximate surface area is 48.0 Å². The van der Waals surface area contributed by atoms with E-state index >= 15 is 0 Å². The highest BCUT2D eigenvalue weighted by Gasteiger charge is 2.15. The average Bonchev–Trinajstić information content (AvgIpc) is 2.19. The van der Waals surface area contributed by atoms with Crippen molar-refractivity contribution >= 4 is 0 Å². The second-order valence-corrected chi connectivity index (χ2v) is 2.09. The summed E-state index contributed by atoms with van der Waals surface area (Å²) in [5.74, 6) is 0. The smallest absolute Gasteiger partial charge is 0.155 e. The summed E-state index contributed by atoms with van der Waals surface area (Å²) < 4.78 is 0. The van der Waals surface area contributed by atoms with Crippen molar-refractivity contribution in [3.63, 3.8) is 0 Å². The van der Waals surface area contributed by atoms with Crippen LogP contribution < -0.4 is 0 Å². The van der Waals surface area contributed by atoms with Gasteiger partial charge in [0.15, 0.2) is 5.34 Å². The van der Waals surface area contributed by atoms with Crippen LogP contribution in [0.5, 0.6) is 0 Å². The lowest BCUT2D eigenvalue weighted by molar-refractivity contribution is 0.0607. The van der Waals surface area contributed by atoms with Crippen molar-refractivity contribution in [3.8, 4) is 0 Å². The third kappa shape index (κ3) is 1.18. The minimum atomic E-state index is 0.132. The molecule has 1 saturated carbocycles. The maximum Gasteiger partial charge on any atom is 0.155 e. The first-order valence-electron chi connectivity index (χ1n) is 2.92. The van der Waals surface area contributed by atoms with Crippen molar-refractivity contribution in [1.82, 2.24) is 0 Å². The van der Waals surface area contributed by atoms with Gasteiger partial charge >= 0.3 is 0 Å². The van der Waals surface area contributed by atoms with E-state index in [2.05, 4.69) is 10.2 Å². The van der Waals surface area contributed by atoms with E-state index < -0.39 is 0 Å². The first-order valence-corrected chi connectivity index (χ1v) is 2.92. The van der Waals surface area contributed by atoms with Gasteiger partial charge in [-0.15, -0.1) is 4.91 Å². The summed E-state index contributed by atoms with van der Waals surface area (Å²) >= 11 is 0. The van der Waals surface area contributed by atoms with Gasteiger partial charge in [0.1, 0.15) is 6.10 Å². The molecule has 0 amide bonds. The van der Waals surface area contributed by atoms with E-state index in [0.717, 1.165) is 12.8 Å². The van der Waals surface area contributed by atoms with Gasteiger partial charge in [-0.25, -0.2) is 0 Å². The molecule has 1 aliphatic rings. The lowest BCUT2D eigenvalue weighted by Gasteiger charge is -1.99. The molecule has 0 N–H and O–H groups in total. The second-order valence-electron chi connectivity index (χ2n) is 2.09. The van der Waals surface area contributed by atoms with E-state index in [1.54, 1.807) is 0 Å². The minimum absolute atomic E-state index is 0.132. The van der Waals surface area contributed by atoms with Gasteiger partial charge < -0.3 is 4.84 Å². The monoisotopic (exact) mass is 115 g/mol. The molecule has 0 aromatic rings. The van der Waals surface area contributed by atoms with E-state index in [-0.39, 0.29) is 6.10 Å². The number of hydrogen-bond donors (Lipinski definition) is 0. The van der Waals surface area contributed by atoms with Crippen LogP contribution in [0.15, 0.2) is 5.34 Å². The van der Waals surface area contributed by atoms with Gasteiger partial charge in [0, 0.05) is 0 Å². The maximum absolute atomic E-state index is 9.49. The van der Waals surface area contributed by atoms with E-state index in [0.29, 0.717) is 0 Å². The Kier molecular flexibility index (Phi) is 1.83. The van der Waals surface area contributed by atoms with Gasteiger partial charge in [-0.3, -0.25) is 0 Å². The zero-order valence-corrected chi connectivity index (χ0v) is 4.67. The van der Waals surface area contributed by atoms with Crippen LogP contribution in [-0.4, -0.2) is 6.10 Å². The van der Waals surface area contributed by atoms with E-state index in [9.17, 15) is 4.91 Å². The predicted octanol–water partition coefficient (Wildman–Crippen LogP) is 1.63. The first kappa shape index (κ1) is 5.54. The van der Waals surface area contributed by atoms with Gasteiger partial charge in [0.05, 0.1) is 0 Å². The van der Waals surface area contributed by atoms with Crippen LogP contribution in [-0.2, 0) is 4.84 Å². The highest BCUT2D eigenvalue weighted by atomic mass is 16.7. The highest BCUT2D eigenvalue weighted by molar-refractivity contribution is 4.65. The molecule has 0 aromatic carbocycles. The average molecular weight is 115 g/mol. The third-order valence-electron chi connectivity index (χ3n) is 1.49. The summed E-state index contributed by atoms with van der Waals surface area (Å²) in [7, 11) is 0. The van der Waals surface area contributed by atoms with Gasteiger partial charge in [-0.2, -0.15) is 0 Å². The van der Waals surface area contributed by atoms with E-state index in [4.69, 9.17) is 0 Å². The molecule has 0 atom stereocenters. The second kappa shape index (κ2) is 2.64. The molecule has 0 spiro atoms. The summed E-state index contributed by atoms with van der Waals surface area (Å²) in [5.41, 5.74) is 0. The van der Waals surface area contributed by atoms with E-state index in [1.807, 2.05) is 0 Å². The van der Waals surface area contributed by atoms with E-state index in [1.165, 1.54) is 12.8 Å². The molecule has 0 heterocycles. The Balaban J connectivity index is 2.14. The zero-order chi connectivity index (χ0) is 5.82. The van der Waals surface area contributed by atoms with Crippen LogP contribution in [0.2, 0.25) is 0 Å². The summed E-state index contributed by atoms with van der Waals surface area (Å²) in [6.07, 6.45) is 4.50. The fraction of sp³-hybridized carbons (Fsp3) is 1.00. The molecule has 0 bridgehead atoms. The Morgan fingerprint density at radius 3 is 2.50 bits per heavy atom. The van der Waals surface area contributed by atoms with Gasteiger partial charge in [0.2, 0.25) is 0 Å². The maximum atomic E-state index is 9.49. The van der Waals surface area contributed by atoms with Crippen molar-refractivity contribution in [2.75, 3.05) is 0 Å². The molecule has 0 unspecified atom stereocenters. The molecule has 46 valence electrons. The van der Waals surface area contributed by atoms with Crippen LogP contribution in [0.3, 0.4) is 0 Å². The topological polar surface area (TPSA) is 38.7 Å². The molecular formula is C5H9NO2. The number of nitrogens with zero attached hydrogens (tertiary/aromatic N) is 1. The van der Waals surface area contributed by atoms with Gasteiger partial charge in [0.25, 0.3) is 0 Å². The molecular weight excluding hydrogens is 106 g/mol. The molecule has 1 rings (SSSR count). The molecule has 0 radical (unpaired) electrons. The Morgan fingerprint density at radius 1 is 1.38 bits per heavy atom. The third-order valence-corrected chi connectivity index (χ3v) is 1.49. The Bertz CT molecular complexity index is 78.5. The molecule has 3 nitrogen and oxygen atoms in total. The fourth-order valence-corrected chi connectivity index (χ4v) is 1.05. The van der Waals surface area contributed by atoms with Crippen LogP contribution in [0.4, 0.5) is 0 Å². The van der Waals surface area contributed by atoms with Crippen molar-refractivity contribution in [2.45, 2.75) is 31.8 Å². The molecule has 1 aliphatic carbocycles. The van der Waals surface area contributed by atoms with Crippen molar-refractivity contribution in [2.24, 2.45) is 5.34 Å². The highest BCUT2D eigenvalue weighted by Crippen LogP contribution is 2.20. The van der Waals surface area contributed by atoms with Crippen LogP contribution in [0.1, 0.15) is 25.7 Å². The Morgan fingerprint density at radius 2 is 2.00 bits per heavy atom. The Hall–Kier alpha value is -0.600. The largest absolute Gasteiger partial charge is 0.361 e. The minimum Gasteiger partial charge on any atom is -0.361 e. The molecule has 1 fully saturated rings. The SMILES string of the molecule is O=NOC1CCCC1. The van der Waals surface area contributed by atoms with Gasteiger partial charge in [-0.1, -0.05) is 0 Å². The van der Waals surface area contributed by atoms with Crippen LogP contribution >= 0.6 is 0 Å². The predicted molar refractivity (Wildman–Crippen MR) is 29.1 cm³/mol. The van der Waals surface area contributed by atoms with Gasteiger partial charge in [-0.05, 0) is 25.7 Å². The quantitative estimate of drug-likeness (QED) is 0.405. The van der Waals surface area contributed by atoms with Crippen LogP contribution in [0, 0.1) is 4.91 Å². The molecule has 0 aliphatic heterocycles. The lowest BCUT2D eigenvalue weighted by Crippen LogP contribution is -2.00. The number of rotatable bonds is 2. The summed E-state index contributed by atoms with van der Waals surface area (Å²) in [5, 5.41) is 2.37. The van der Waals surface area contributed by atoms with Crippen molar-refractivity contribution in [3.05, 3.63) is 4.91 Å². The first-order chi connectivity index (χ1) is 3.93. The standard InChI is InChI=1S/C5H9NO2/c7-6-8-5-3-1-2-4-5/h5H,1-4H2. The molecule has 0 aromatic heterocycles. The zero-order valence-electron chi connectivity index (χ0n) is 4.67. The summed E-state index contributed by atoms with van der Waals surface area (Å²) in [4.78, 5) is 14.0. The summed E-state index contributed by atoms with van der Waals surface area (Å²) in [6, 6.07) is 0. The van der Waals surface area contributed by atoms with Crippen LogP contribution in [0.25, 0.3) is 0 Å². The summed E-state index contributed by atoms with van der Waals surface area (Å²) in [6.45, 7) is 0. The van der Waals surface area contributed by atoms with Crippen molar-refractivity contribution in [1.29, 1.82) is 0 Å². The fourth-order valence-electron chi connectivity index (χ4n) is 1.05.